The minimum atomic E-state index is -0.600. The molecule has 5 rings (SSSR count). The van der Waals surface area contributed by atoms with Gasteiger partial charge in [0.2, 0.25) is 0 Å². The van der Waals surface area contributed by atoms with Crippen LogP contribution < -0.4 is 9.47 Å². The maximum atomic E-state index is 14.4. The first kappa shape index (κ1) is 25.2. The summed E-state index contributed by atoms with van der Waals surface area (Å²) in [6.07, 6.45) is 3.24. The van der Waals surface area contributed by atoms with Crippen molar-refractivity contribution in [3.63, 3.8) is 0 Å². The highest BCUT2D eigenvalue weighted by molar-refractivity contribution is 5.80. The molecular formula is C28H25F2N5O3. The molecule has 0 saturated carbocycles. The zero-order valence-electron chi connectivity index (χ0n) is 20.5. The number of halogens is 2. The number of pyridine rings is 1. The molecule has 0 radical (unpaired) electrons. The Labute approximate surface area is 217 Å². The second-order valence-corrected chi connectivity index (χ2v) is 9.11. The fourth-order valence-electron chi connectivity index (χ4n) is 4.40. The van der Waals surface area contributed by atoms with Gasteiger partial charge in [-0.2, -0.15) is 5.26 Å². The summed E-state index contributed by atoms with van der Waals surface area (Å²) >= 11 is 0. The number of benzene rings is 2. The molecule has 0 unspecified atom stereocenters. The molecule has 0 aliphatic carbocycles. The Hall–Kier alpha value is -4.49. The van der Waals surface area contributed by atoms with Crippen LogP contribution >= 0.6 is 0 Å². The molecule has 2 aromatic heterocycles. The number of hydrogen-bond donors (Lipinski definition) is 2. The lowest BCUT2D eigenvalue weighted by atomic mass is 10.1. The van der Waals surface area contributed by atoms with Crippen molar-refractivity contribution >= 4 is 16.8 Å². The van der Waals surface area contributed by atoms with E-state index in [1.807, 2.05) is 6.07 Å². The Kier molecular flexibility index (Phi) is 7.20. The highest BCUT2D eigenvalue weighted by atomic mass is 19.1. The van der Waals surface area contributed by atoms with Crippen LogP contribution in [-0.4, -0.2) is 44.2 Å². The van der Waals surface area contributed by atoms with E-state index in [1.54, 1.807) is 24.4 Å². The summed E-state index contributed by atoms with van der Waals surface area (Å²) in [5.74, 6) is 0.0557. The van der Waals surface area contributed by atoms with Gasteiger partial charge in [0.05, 0.1) is 29.4 Å². The molecule has 10 heteroatoms. The van der Waals surface area contributed by atoms with Crippen molar-refractivity contribution in [3.05, 3.63) is 89.5 Å². The predicted molar refractivity (Wildman–Crippen MR) is 136 cm³/mol. The van der Waals surface area contributed by atoms with Crippen LogP contribution in [0.3, 0.4) is 0 Å². The molecule has 0 spiro atoms. The standard InChI is InChI=1S/C28H25F2N5O3/c1-17(36)19-11-24(30)28-25(12-19)33-27(34-28)15-35-8-5-21(6-9-35)38-22-4-7-32-20(13-22)16-37-26-3-2-18(14-31)10-23(26)29/h2-4,7,10-13,21,36H,1,5-6,8-9,15-16H2,(H,33,34). The van der Waals surface area contributed by atoms with E-state index in [0.717, 1.165) is 32.0 Å². The quantitative estimate of drug-likeness (QED) is 0.307. The van der Waals surface area contributed by atoms with E-state index in [9.17, 15) is 13.9 Å². The maximum Gasteiger partial charge on any atom is 0.166 e. The van der Waals surface area contributed by atoms with Crippen molar-refractivity contribution in [1.82, 2.24) is 19.9 Å². The minimum Gasteiger partial charge on any atom is -0.508 e. The third-order valence-electron chi connectivity index (χ3n) is 6.36. The number of hydrogen-bond acceptors (Lipinski definition) is 7. The van der Waals surface area contributed by atoms with Gasteiger partial charge in [-0.05, 0) is 49.2 Å². The molecule has 0 amide bonds. The van der Waals surface area contributed by atoms with Crippen molar-refractivity contribution in [2.45, 2.75) is 32.1 Å². The lowest BCUT2D eigenvalue weighted by Gasteiger charge is -2.31. The summed E-state index contributed by atoms with van der Waals surface area (Å²) in [5.41, 5.74) is 1.89. The average Bonchev–Trinajstić information content (AvgIpc) is 3.32. The van der Waals surface area contributed by atoms with Crippen LogP contribution in [0.5, 0.6) is 11.5 Å². The first-order chi connectivity index (χ1) is 18.4. The molecule has 0 atom stereocenters. The van der Waals surface area contributed by atoms with E-state index >= 15 is 0 Å². The van der Waals surface area contributed by atoms with Gasteiger partial charge >= 0.3 is 0 Å². The average molecular weight is 518 g/mol. The molecule has 8 nitrogen and oxygen atoms in total. The molecule has 3 heterocycles. The highest BCUT2D eigenvalue weighted by Crippen LogP contribution is 2.24. The lowest BCUT2D eigenvalue weighted by Crippen LogP contribution is -2.38. The fourth-order valence-corrected chi connectivity index (χ4v) is 4.40. The number of nitrogens with one attached hydrogen (secondary N) is 1. The van der Waals surface area contributed by atoms with Gasteiger partial charge in [0.1, 0.15) is 35.6 Å². The SMILES string of the molecule is C=C(O)c1cc(F)c2nc(CN3CCC(Oc4ccnc(COc5ccc(C#N)cc5F)c4)CC3)[nH]c2c1. The summed E-state index contributed by atoms with van der Waals surface area (Å²) in [5, 5.41) is 18.4. The van der Waals surface area contributed by atoms with E-state index in [-0.39, 0.29) is 35.3 Å². The van der Waals surface area contributed by atoms with Crippen LogP contribution in [0.15, 0.2) is 55.2 Å². The van der Waals surface area contributed by atoms with E-state index < -0.39 is 11.6 Å². The van der Waals surface area contributed by atoms with E-state index in [2.05, 4.69) is 26.4 Å². The zero-order valence-corrected chi connectivity index (χ0v) is 20.5. The topological polar surface area (TPSA) is 107 Å². The number of rotatable bonds is 8. The van der Waals surface area contributed by atoms with E-state index in [4.69, 9.17) is 14.7 Å². The number of ether oxygens (including phenoxy) is 2. The van der Waals surface area contributed by atoms with Gasteiger partial charge in [0.15, 0.2) is 17.4 Å². The number of nitriles is 1. The van der Waals surface area contributed by atoms with Crippen LogP contribution in [0.4, 0.5) is 8.78 Å². The van der Waals surface area contributed by atoms with Gasteiger partial charge in [0.25, 0.3) is 0 Å². The van der Waals surface area contributed by atoms with Crippen molar-refractivity contribution in [2.75, 3.05) is 13.1 Å². The van der Waals surface area contributed by atoms with Crippen molar-refractivity contribution in [2.24, 2.45) is 0 Å². The third kappa shape index (κ3) is 5.74. The Balaban J connectivity index is 1.14. The number of aliphatic hydroxyl groups excluding tert-OH is 1. The van der Waals surface area contributed by atoms with Gasteiger partial charge in [-0.3, -0.25) is 9.88 Å². The minimum absolute atomic E-state index is 0.0182. The molecule has 1 aliphatic rings. The fraction of sp³-hybridized carbons (Fsp3) is 0.250. The summed E-state index contributed by atoms with van der Waals surface area (Å²) in [4.78, 5) is 14.0. The molecular weight excluding hydrogens is 492 g/mol. The van der Waals surface area contributed by atoms with Gasteiger partial charge in [0, 0.05) is 30.9 Å². The molecule has 194 valence electrons. The number of nitrogens with zero attached hydrogens (tertiary/aromatic N) is 4. The molecule has 2 aromatic carbocycles. The van der Waals surface area contributed by atoms with E-state index in [0.29, 0.717) is 34.9 Å². The largest absolute Gasteiger partial charge is 0.508 e. The zero-order chi connectivity index (χ0) is 26.6. The number of fused-ring (bicyclic) bond motifs is 1. The Morgan fingerprint density at radius 2 is 1.97 bits per heavy atom. The van der Waals surface area contributed by atoms with Crippen LogP contribution in [-0.2, 0) is 13.2 Å². The Bertz CT molecular complexity index is 1520. The summed E-state index contributed by atoms with van der Waals surface area (Å²) in [7, 11) is 0. The molecule has 1 aliphatic heterocycles. The molecule has 1 saturated heterocycles. The van der Waals surface area contributed by atoms with Crippen molar-refractivity contribution < 1.29 is 23.4 Å². The Morgan fingerprint density at radius 3 is 2.71 bits per heavy atom. The summed E-state index contributed by atoms with van der Waals surface area (Å²) in [6, 6.07) is 12.3. The predicted octanol–water partition coefficient (Wildman–Crippen LogP) is 5.26. The smallest absolute Gasteiger partial charge is 0.166 e. The molecule has 38 heavy (non-hydrogen) atoms. The second-order valence-electron chi connectivity index (χ2n) is 9.11. The van der Waals surface area contributed by atoms with Crippen molar-refractivity contribution in [3.8, 4) is 17.6 Å². The van der Waals surface area contributed by atoms with Gasteiger partial charge in [-0.1, -0.05) is 6.58 Å². The van der Waals surface area contributed by atoms with Gasteiger partial charge in [-0.15, -0.1) is 0 Å². The molecule has 4 aromatic rings. The van der Waals surface area contributed by atoms with Crippen LogP contribution in [0.2, 0.25) is 0 Å². The first-order valence-electron chi connectivity index (χ1n) is 12.1. The monoisotopic (exact) mass is 517 g/mol. The second kappa shape index (κ2) is 10.9. The molecule has 0 bridgehead atoms. The first-order valence-corrected chi connectivity index (χ1v) is 12.1. The number of piperidine rings is 1. The van der Waals surface area contributed by atoms with Gasteiger partial charge < -0.3 is 19.6 Å². The number of imidazole rings is 1. The van der Waals surface area contributed by atoms with E-state index in [1.165, 1.54) is 18.2 Å². The van der Waals surface area contributed by atoms with Crippen LogP contribution in [0.25, 0.3) is 16.8 Å². The number of H-pyrrole nitrogens is 1. The summed E-state index contributed by atoms with van der Waals surface area (Å²) < 4.78 is 40.1. The Morgan fingerprint density at radius 1 is 1.16 bits per heavy atom. The third-order valence-corrected chi connectivity index (χ3v) is 6.36. The highest BCUT2D eigenvalue weighted by Gasteiger charge is 2.22. The summed E-state index contributed by atoms with van der Waals surface area (Å²) in [6.45, 7) is 5.61. The number of aromatic nitrogens is 3. The number of aromatic amines is 1. The normalized spacial score (nSPS) is 14.3. The molecule has 1 fully saturated rings. The lowest BCUT2D eigenvalue weighted by molar-refractivity contribution is 0.0953. The maximum absolute atomic E-state index is 14.4. The van der Waals surface area contributed by atoms with Crippen LogP contribution in [0, 0.1) is 23.0 Å². The van der Waals surface area contributed by atoms with Crippen molar-refractivity contribution in [1.29, 1.82) is 5.26 Å². The van der Waals surface area contributed by atoms with Gasteiger partial charge in [-0.25, -0.2) is 13.8 Å². The number of likely N-dealkylation sites (tertiary alicyclic amines) is 1. The number of aliphatic hydroxyl groups is 1. The molecule has 2 N–H and O–H groups in total. The van der Waals surface area contributed by atoms with Crippen LogP contribution in [0.1, 0.15) is 35.5 Å².